The number of ether oxygens (including phenoxy) is 2. The fraction of sp³-hybridized carbons (Fsp3) is 0.880. The first-order valence-corrected chi connectivity index (χ1v) is 16.8. The average Bonchev–Trinajstić information content (AvgIpc) is 3.04. The summed E-state index contributed by atoms with van der Waals surface area (Å²) in [4.78, 5) is 7.85. The fourth-order valence-electron chi connectivity index (χ4n) is 5.51. The van der Waals surface area contributed by atoms with Gasteiger partial charge in [0.15, 0.2) is 5.82 Å². The van der Waals surface area contributed by atoms with Gasteiger partial charge in [-0.1, -0.05) is 19.6 Å². The van der Waals surface area contributed by atoms with Gasteiger partial charge in [-0.25, -0.2) is 4.68 Å². The van der Waals surface area contributed by atoms with Crippen molar-refractivity contribution in [1.82, 2.24) is 19.6 Å². The summed E-state index contributed by atoms with van der Waals surface area (Å²) < 4.78 is 13.4. The third-order valence-electron chi connectivity index (χ3n) is 7.79. The second kappa shape index (κ2) is 10.4. The Morgan fingerprint density at radius 1 is 1.12 bits per heavy atom. The number of rotatable bonds is 9. The van der Waals surface area contributed by atoms with Crippen LogP contribution in [0.1, 0.15) is 32.4 Å². The third-order valence-corrected chi connectivity index (χ3v) is 9.50. The van der Waals surface area contributed by atoms with Crippen molar-refractivity contribution in [2.45, 2.75) is 77.6 Å². The number of piperazine rings is 1. The zero-order valence-electron chi connectivity index (χ0n) is 22.0. The first-order chi connectivity index (χ1) is 15.6. The quantitative estimate of drug-likeness (QED) is 0.401. The van der Waals surface area contributed by atoms with Crippen LogP contribution in [0.4, 0.5) is 5.82 Å². The highest BCUT2D eigenvalue weighted by molar-refractivity contribution is 6.76. The Kier molecular flexibility index (Phi) is 7.90. The Hall–Kier alpha value is -0.933. The molecule has 0 bridgehead atoms. The smallest absolute Gasteiger partial charge is 0.151 e. The number of aryl methyl sites for hydroxylation is 1. The molecule has 0 unspecified atom stereocenters. The van der Waals surface area contributed by atoms with Crippen LogP contribution in [-0.2, 0) is 16.2 Å². The zero-order chi connectivity index (χ0) is 23.6. The molecule has 4 rings (SSSR count). The maximum absolute atomic E-state index is 5.96. The lowest BCUT2D eigenvalue weighted by Crippen LogP contribution is -2.58. The molecule has 0 saturated carbocycles. The van der Waals surface area contributed by atoms with Gasteiger partial charge in [0.2, 0.25) is 0 Å². The molecular weight excluding hydrogens is 430 g/mol. The summed E-state index contributed by atoms with van der Waals surface area (Å²) in [5.74, 6) is 1.88. The minimum Gasteiger partial charge on any atom is -0.378 e. The Balaban J connectivity index is 1.26. The number of hydrogen-bond donors (Lipinski definition) is 0. The molecule has 3 aliphatic rings. The summed E-state index contributed by atoms with van der Waals surface area (Å²) >= 11 is 0. The van der Waals surface area contributed by atoms with Crippen LogP contribution in [0.3, 0.4) is 0 Å². The van der Waals surface area contributed by atoms with Crippen LogP contribution >= 0.6 is 0 Å². The molecule has 0 N–H and O–H groups in total. The molecule has 8 heteroatoms. The van der Waals surface area contributed by atoms with E-state index in [4.69, 9.17) is 14.6 Å². The number of nitrogens with zero attached hydrogens (tertiary/aromatic N) is 5. The molecule has 7 nitrogen and oxygen atoms in total. The molecule has 1 aromatic rings. The van der Waals surface area contributed by atoms with Crippen molar-refractivity contribution in [2.24, 2.45) is 5.92 Å². The van der Waals surface area contributed by atoms with E-state index in [0.717, 1.165) is 38.1 Å². The fourth-order valence-corrected chi connectivity index (χ4v) is 6.27. The number of anilines is 1. The van der Waals surface area contributed by atoms with Gasteiger partial charge in [-0.3, -0.25) is 4.90 Å². The van der Waals surface area contributed by atoms with Crippen LogP contribution in [0.2, 0.25) is 25.7 Å². The topological polar surface area (TPSA) is 46.0 Å². The summed E-state index contributed by atoms with van der Waals surface area (Å²) in [5.41, 5.74) is 1.31. The predicted molar refractivity (Wildman–Crippen MR) is 138 cm³/mol. The predicted octanol–water partition coefficient (Wildman–Crippen LogP) is 3.52. The summed E-state index contributed by atoms with van der Waals surface area (Å²) in [6, 6.07) is 4.13. The first-order valence-electron chi connectivity index (χ1n) is 13.0. The Bertz CT molecular complexity index is 765. The van der Waals surface area contributed by atoms with Crippen molar-refractivity contribution in [3.8, 4) is 0 Å². The highest BCUT2D eigenvalue weighted by atomic mass is 28.3. The minimum atomic E-state index is -1.05. The second-order valence-corrected chi connectivity index (χ2v) is 18.0. The van der Waals surface area contributed by atoms with E-state index in [1.165, 1.54) is 57.3 Å². The number of piperidine rings is 1. The van der Waals surface area contributed by atoms with Crippen LogP contribution in [0.15, 0.2) is 6.07 Å². The Morgan fingerprint density at radius 2 is 1.85 bits per heavy atom. The molecule has 3 aliphatic heterocycles. The summed E-state index contributed by atoms with van der Waals surface area (Å²) in [6.45, 7) is 24.5. The molecular formula is C25H47N5O2Si. The zero-order valence-corrected chi connectivity index (χ0v) is 23.0. The SMILES string of the molecule is Cc1cc(N2CC[C@@H](CN3CCN(C4COC4)CC3)CC2(C)C)nn1COCC[Si](C)(C)C. The number of hydrogen-bond acceptors (Lipinski definition) is 6. The van der Waals surface area contributed by atoms with Crippen molar-refractivity contribution in [2.75, 3.05) is 64.0 Å². The van der Waals surface area contributed by atoms with E-state index in [1.807, 2.05) is 4.68 Å². The average molecular weight is 478 g/mol. The molecule has 0 amide bonds. The molecule has 1 aromatic heterocycles. The molecule has 33 heavy (non-hydrogen) atoms. The monoisotopic (exact) mass is 477 g/mol. The van der Waals surface area contributed by atoms with E-state index >= 15 is 0 Å². The Morgan fingerprint density at radius 3 is 2.45 bits per heavy atom. The molecule has 188 valence electrons. The van der Waals surface area contributed by atoms with E-state index in [-0.39, 0.29) is 5.54 Å². The Labute approximate surface area is 202 Å². The van der Waals surface area contributed by atoms with Crippen LogP contribution < -0.4 is 4.90 Å². The first kappa shape index (κ1) is 25.2. The summed E-state index contributed by atoms with van der Waals surface area (Å²) in [6.07, 6.45) is 2.47. The summed E-state index contributed by atoms with van der Waals surface area (Å²) in [5, 5.41) is 4.94. The molecule has 4 heterocycles. The number of aromatic nitrogens is 2. The van der Waals surface area contributed by atoms with E-state index in [0.29, 0.717) is 12.8 Å². The summed E-state index contributed by atoms with van der Waals surface area (Å²) in [7, 11) is -1.05. The molecule has 0 spiro atoms. The lowest BCUT2D eigenvalue weighted by Gasteiger charge is -2.48. The minimum absolute atomic E-state index is 0.123. The van der Waals surface area contributed by atoms with E-state index < -0.39 is 8.07 Å². The maximum atomic E-state index is 5.96. The molecule has 1 atom stereocenters. The van der Waals surface area contributed by atoms with Crippen molar-refractivity contribution >= 4 is 13.9 Å². The van der Waals surface area contributed by atoms with Gasteiger partial charge < -0.3 is 19.3 Å². The van der Waals surface area contributed by atoms with Gasteiger partial charge in [0.05, 0.1) is 19.3 Å². The van der Waals surface area contributed by atoms with Gasteiger partial charge in [0, 0.05) is 71.2 Å². The van der Waals surface area contributed by atoms with Crippen molar-refractivity contribution in [3.63, 3.8) is 0 Å². The van der Waals surface area contributed by atoms with Gasteiger partial charge in [0.1, 0.15) is 6.73 Å². The molecule has 3 saturated heterocycles. The molecule has 0 aliphatic carbocycles. The third kappa shape index (κ3) is 6.60. The standard InChI is InChI=1S/C25H47N5O2Si/c1-21-15-24(26-30(21)20-31-13-14-33(4,5)6)29-8-7-22(16-25(29,2)3)17-27-9-11-28(12-10-27)23-18-32-19-23/h15,22-23H,7-14,16-20H2,1-6H3/t22-/m1/s1. The van der Waals surface area contributed by atoms with Gasteiger partial charge in [-0.05, 0) is 45.6 Å². The normalized spacial score (nSPS) is 25.4. The van der Waals surface area contributed by atoms with E-state index in [1.54, 1.807) is 0 Å². The maximum Gasteiger partial charge on any atom is 0.151 e. The lowest BCUT2D eigenvalue weighted by atomic mass is 9.82. The van der Waals surface area contributed by atoms with Gasteiger partial charge in [0.25, 0.3) is 0 Å². The van der Waals surface area contributed by atoms with Crippen molar-refractivity contribution < 1.29 is 9.47 Å². The van der Waals surface area contributed by atoms with Crippen LogP contribution in [0.5, 0.6) is 0 Å². The molecule has 3 fully saturated rings. The highest BCUT2D eigenvalue weighted by Gasteiger charge is 2.37. The van der Waals surface area contributed by atoms with E-state index in [9.17, 15) is 0 Å². The molecule has 0 radical (unpaired) electrons. The lowest BCUT2D eigenvalue weighted by molar-refractivity contribution is -0.0779. The van der Waals surface area contributed by atoms with Crippen LogP contribution in [0, 0.1) is 12.8 Å². The van der Waals surface area contributed by atoms with Crippen molar-refractivity contribution in [1.29, 1.82) is 0 Å². The van der Waals surface area contributed by atoms with Crippen LogP contribution in [0.25, 0.3) is 0 Å². The second-order valence-electron chi connectivity index (χ2n) is 12.3. The van der Waals surface area contributed by atoms with Gasteiger partial charge in [-0.2, -0.15) is 5.10 Å². The van der Waals surface area contributed by atoms with E-state index in [2.05, 4.69) is 61.2 Å². The van der Waals surface area contributed by atoms with Gasteiger partial charge in [-0.15, -0.1) is 0 Å². The molecule has 0 aromatic carbocycles. The highest BCUT2D eigenvalue weighted by Crippen LogP contribution is 2.35. The largest absolute Gasteiger partial charge is 0.378 e. The van der Waals surface area contributed by atoms with Crippen LogP contribution in [-0.4, -0.2) is 98.3 Å². The van der Waals surface area contributed by atoms with Crippen molar-refractivity contribution in [3.05, 3.63) is 11.8 Å². The van der Waals surface area contributed by atoms with Gasteiger partial charge >= 0.3 is 0 Å².